The lowest BCUT2D eigenvalue weighted by Crippen LogP contribution is -2.27. The van der Waals surface area contributed by atoms with E-state index in [1.807, 2.05) is 6.07 Å². The van der Waals surface area contributed by atoms with E-state index in [4.69, 9.17) is 11.6 Å². The van der Waals surface area contributed by atoms with Crippen LogP contribution in [0.15, 0.2) is 18.2 Å². The van der Waals surface area contributed by atoms with Crippen molar-refractivity contribution in [3.8, 4) is 0 Å². The number of nitrogens with one attached hydrogen (secondary N) is 1. The summed E-state index contributed by atoms with van der Waals surface area (Å²) in [6.07, 6.45) is 3.63. The van der Waals surface area contributed by atoms with Crippen molar-refractivity contribution in [1.29, 1.82) is 0 Å². The SMILES string of the molecule is CCCNC(c1cc(C)cc(Cl)c1)C(C)CCC. The van der Waals surface area contributed by atoms with E-state index in [1.54, 1.807) is 0 Å². The van der Waals surface area contributed by atoms with Crippen molar-refractivity contribution < 1.29 is 0 Å². The van der Waals surface area contributed by atoms with Gasteiger partial charge in [0.1, 0.15) is 0 Å². The molecule has 1 aromatic rings. The Morgan fingerprint density at radius 1 is 1.17 bits per heavy atom. The van der Waals surface area contributed by atoms with E-state index in [2.05, 4.69) is 45.1 Å². The van der Waals surface area contributed by atoms with E-state index in [0.29, 0.717) is 12.0 Å². The molecule has 1 nitrogen and oxygen atoms in total. The largest absolute Gasteiger partial charge is 0.310 e. The summed E-state index contributed by atoms with van der Waals surface area (Å²) in [5, 5.41) is 4.51. The minimum absolute atomic E-state index is 0.419. The Hall–Kier alpha value is -0.530. The molecule has 0 bridgehead atoms. The van der Waals surface area contributed by atoms with Crippen LogP contribution in [-0.2, 0) is 0 Å². The van der Waals surface area contributed by atoms with Gasteiger partial charge in [-0.1, -0.05) is 44.9 Å². The van der Waals surface area contributed by atoms with E-state index in [0.717, 1.165) is 18.0 Å². The first-order chi connectivity index (χ1) is 8.58. The molecule has 1 aromatic carbocycles. The molecule has 0 spiro atoms. The summed E-state index contributed by atoms with van der Waals surface area (Å²) >= 11 is 6.18. The molecule has 0 aliphatic heterocycles. The smallest absolute Gasteiger partial charge is 0.0411 e. The van der Waals surface area contributed by atoms with Crippen molar-refractivity contribution >= 4 is 11.6 Å². The third kappa shape index (κ3) is 4.62. The minimum Gasteiger partial charge on any atom is -0.310 e. The monoisotopic (exact) mass is 267 g/mol. The van der Waals surface area contributed by atoms with Crippen molar-refractivity contribution in [1.82, 2.24) is 5.32 Å². The Kier molecular flexibility index (Phi) is 6.73. The highest BCUT2D eigenvalue weighted by atomic mass is 35.5. The van der Waals surface area contributed by atoms with Crippen molar-refractivity contribution in [2.75, 3.05) is 6.54 Å². The molecule has 0 heterocycles. The summed E-state index contributed by atoms with van der Waals surface area (Å²) in [7, 11) is 0. The van der Waals surface area contributed by atoms with Gasteiger partial charge in [-0.05, 0) is 55.5 Å². The standard InChI is InChI=1S/C16H26ClN/c1-5-7-13(4)16(18-8-6-2)14-9-12(3)10-15(17)11-14/h9-11,13,16,18H,5-8H2,1-4H3. The summed E-state index contributed by atoms with van der Waals surface area (Å²) in [4.78, 5) is 0. The van der Waals surface area contributed by atoms with E-state index in [-0.39, 0.29) is 0 Å². The van der Waals surface area contributed by atoms with Gasteiger partial charge in [0.2, 0.25) is 0 Å². The van der Waals surface area contributed by atoms with Crippen LogP contribution in [0.25, 0.3) is 0 Å². The van der Waals surface area contributed by atoms with Gasteiger partial charge in [-0.3, -0.25) is 0 Å². The van der Waals surface area contributed by atoms with Crippen molar-refractivity contribution in [2.45, 2.75) is 53.0 Å². The Balaban J connectivity index is 2.92. The maximum Gasteiger partial charge on any atom is 0.0411 e. The van der Waals surface area contributed by atoms with Gasteiger partial charge in [-0.15, -0.1) is 0 Å². The number of benzene rings is 1. The number of hydrogen-bond donors (Lipinski definition) is 1. The highest BCUT2D eigenvalue weighted by molar-refractivity contribution is 6.30. The first-order valence-corrected chi connectivity index (χ1v) is 7.46. The fourth-order valence-electron chi connectivity index (χ4n) is 2.51. The molecule has 1 rings (SSSR count). The van der Waals surface area contributed by atoms with Crippen LogP contribution >= 0.6 is 11.6 Å². The molecule has 1 N–H and O–H groups in total. The van der Waals surface area contributed by atoms with Crippen molar-refractivity contribution in [2.24, 2.45) is 5.92 Å². The lowest BCUT2D eigenvalue weighted by Gasteiger charge is -2.26. The van der Waals surface area contributed by atoms with Crippen LogP contribution in [0, 0.1) is 12.8 Å². The van der Waals surface area contributed by atoms with Gasteiger partial charge >= 0.3 is 0 Å². The fraction of sp³-hybridized carbons (Fsp3) is 0.625. The molecule has 2 heteroatoms. The Morgan fingerprint density at radius 3 is 2.44 bits per heavy atom. The minimum atomic E-state index is 0.419. The average molecular weight is 268 g/mol. The van der Waals surface area contributed by atoms with E-state index in [1.165, 1.54) is 24.0 Å². The zero-order valence-electron chi connectivity index (χ0n) is 12.1. The highest BCUT2D eigenvalue weighted by Gasteiger charge is 2.18. The summed E-state index contributed by atoms with van der Waals surface area (Å²) in [6.45, 7) is 9.95. The van der Waals surface area contributed by atoms with E-state index < -0.39 is 0 Å². The molecule has 0 saturated carbocycles. The fourth-order valence-corrected chi connectivity index (χ4v) is 2.81. The van der Waals surface area contributed by atoms with Crippen molar-refractivity contribution in [3.63, 3.8) is 0 Å². The lowest BCUT2D eigenvalue weighted by atomic mass is 9.90. The predicted molar refractivity (Wildman–Crippen MR) is 81.3 cm³/mol. The van der Waals surface area contributed by atoms with Gasteiger partial charge in [-0.25, -0.2) is 0 Å². The molecule has 2 atom stereocenters. The van der Waals surface area contributed by atoms with Crippen LogP contribution in [0.2, 0.25) is 5.02 Å². The molecule has 2 unspecified atom stereocenters. The molecule has 0 amide bonds. The molecular weight excluding hydrogens is 242 g/mol. The highest BCUT2D eigenvalue weighted by Crippen LogP contribution is 2.28. The third-order valence-electron chi connectivity index (χ3n) is 3.35. The van der Waals surface area contributed by atoms with E-state index >= 15 is 0 Å². The third-order valence-corrected chi connectivity index (χ3v) is 3.57. The van der Waals surface area contributed by atoms with E-state index in [9.17, 15) is 0 Å². The predicted octanol–water partition coefficient (Wildman–Crippen LogP) is 5.13. The van der Waals surface area contributed by atoms with Crippen LogP contribution in [0.3, 0.4) is 0 Å². The van der Waals surface area contributed by atoms with Crippen LogP contribution in [0.5, 0.6) is 0 Å². The van der Waals surface area contributed by atoms with Gasteiger partial charge in [0.05, 0.1) is 0 Å². The summed E-state index contributed by atoms with van der Waals surface area (Å²) in [5.74, 6) is 0.638. The quantitative estimate of drug-likeness (QED) is 0.723. The Morgan fingerprint density at radius 2 is 1.89 bits per heavy atom. The molecule has 0 fully saturated rings. The molecular formula is C16H26ClN. The molecule has 0 aliphatic carbocycles. The van der Waals surface area contributed by atoms with Gasteiger partial charge in [0.25, 0.3) is 0 Å². The number of aryl methyl sites for hydroxylation is 1. The van der Waals surface area contributed by atoms with Gasteiger partial charge < -0.3 is 5.32 Å². The number of hydrogen-bond acceptors (Lipinski definition) is 1. The summed E-state index contributed by atoms with van der Waals surface area (Å²) in [5.41, 5.74) is 2.57. The second kappa shape index (κ2) is 7.81. The van der Waals surface area contributed by atoms with Gasteiger partial charge in [0, 0.05) is 11.1 Å². The average Bonchev–Trinajstić information content (AvgIpc) is 2.28. The first kappa shape index (κ1) is 15.5. The second-order valence-corrected chi connectivity index (χ2v) is 5.70. The number of rotatable bonds is 7. The normalized spacial score (nSPS) is 14.5. The lowest BCUT2D eigenvalue weighted by molar-refractivity contribution is 0.363. The summed E-state index contributed by atoms with van der Waals surface area (Å²) in [6, 6.07) is 6.80. The zero-order chi connectivity index (χ0) is 13.5. The Bertz CT molecular complexity index is 342. The van der Waals surface area contributed by atoms with Crippen LogP contribution in [-0.4, -0.2) is 6.54 Å². The van der Waals surface area contributed by atoms with Gasteiger partial charge in [0.15, 0.2) is 0 Å². The molecule has 0 aromatic heterocycles. The molecule has 102 valence electrons. The van der Waals surface area contributed by atoms with Crippen LogP contribution < -0.4 is 5.32 Å². The molecule has 0 aliphatic rings. The Labute approximate surface area is 117 Å². The molecule has 0 saturated heterocycles. The first-order valence-electron chi connectivity index (χ1n) is 7.09. The molecule has 0 radical (unpaired) electrons. The van der Waals surface area contributed by atoms with Crippen LogP contribution in [0.4, 0.5) is 0 Å². The zero-order valence-corrected chi connectivity index (χ0v) is 12.8. The summed E-state index contributed by atoms with van der Waals surface area (Å²) < 4.78 is 0. The van der Waals surface area contributed by atoms with Crippen LogP contribution in [0.1, 0.15) is 57.2 Å². The molecule has 18 heavy (non-hydrogen) atoms. The maximum absolute atomic E-state index is 6.18. The van der Waals surface area contributed by atoms with Gasteiger partial charge in [-0.2, -0.15) is 0 Å². The van der Waals surface area contributed by atoms with Crippen molar-refractivity contribution in [3.05, 3.63) is 34.3 Å². The number of halogens is 1. The second-order valence-electron chi connectivity index (χ2n) is 5.26. The maximum atomic E-state index is 6.18. The topological polar surface area (TPSA) is 12.0 Å².